The molecule has 0 spiro atoms. The fourth-order valence-corrected chi connectivity index (χ4v) is 6.77. The van der Waals surface area contributed by atoms with Crippen molar-refractivity contribution < 1.29 is 57.7 Å². The van der Waals surface area contributed by atoms with Crippen LogP contribution in [0.5, 0.6) is 0 Å². The first-order chi connectivity index (χ1) is 19.8. The highest BCUT2D eigenvalue weighted by atomic mass is 16.7. The summed E-state index contributed by atoms with van der Waals surface area (Å²) in [6.07, 6.45) is 0.292. The van der Waals surface area contributed by atoms with E-state index in [0.29, 0.717) is 25.7 Å². The summed E-state index contributed by atoms with van der Waals surface area (Å²) in [5.74, 6) is -1.24. The average Bonchev–Trinajstić information content (AvgIpc) is 3.21. The van der Waals surface area contributed by atoms with E-state index < -0.39 is 41.5 Å². The molecule has 0 bridgehead atoms. The van der Waals surface area contributed by atoms with Gasteiger partial charge < -0.3 is 48.1 Å². The molecule has 0 saturated carbocycles. The van der Waals surface area contributed by atoms with Crippen molar-refractivity contribution in [3.8, 4) is 0 Å². The molecule has 3 saturated heterocycles. The second-order valence-electron chi connectivity index (χ2n) is 12.8. The minimum absolute atomic E-state index is 0.0329. The minimum atomic E-state index is -1.20. The summed E-state index contributed by atoms with van der Waals surface area (Å²) in [6.45, 7) is 9.44. The molecule has 0 aliphatic carbocycles. The van der Waals surface area contributed by atoms with Crippen LogP contribution in [-0.4, -0.2) is 110 Å². The lowest BCUT2D eigenvalue weighted by Gasteiger charge is -2.47. The van der Waals surface area contributed by atoms with Gasteiger partial charge in [0.15, 0.2) is 0 Å². The van der Waals surface area contributed by atoms with Gasteiger partial charge in [0.05, 0.1) is 55.3 Å². The largest absolute Gasteiger partial charge is 0.481 e. The molecule has 11 atom stereocenters. The van der Waals surface area contributed by atoms with Gasteiger partial charge in [0.2, 0.25) is 0 Å². The minimum Gasteiger partial charge on any atom is -0.481 e. The van der Waals surface area contributed by atoms with Crippen molar-refractivity contribution in [2.75, 3.05) is 34.4 Å². The molecule has 3 heterocycles. The maximum absolute atomic E-state index is 12.1. The fourth-order valence-electron chi connectivity index (χ4n) is 6.77. The van der Waals surface area contributed by atoms with E-state index in [2.05, 4.69) is 6.92 Å². The number of hydrogen-bond acceptors (Lipinski definition) is 11. The Bertz CT molecular complexity index is 867. The van der Waals surface area contributed by atoms with Crippen molar-refractivity contribution in [3.05, 3.63) is 0 Å². The Kier molecular flexibility index (Phi) is 13.0. The van der Waals surface area contributed by atoms with Crippen molar-refractivity contribution in [3.63, 3.8) is 0 Å². The Morgan fingerprint density at radius 3 is 2.40 bits per heavy atom. The number of carbonyl (C=O) groups excluding carboxylic acids is 1. The van der Waals surface area contributed by atoms with Crippen molar-refractivity contribution in [1.82, 2.24) is 0 Å². The van der Waals surface area contributed by atoms with Crippen molar-refractivity contribution >= 4 is 11.9 Å². The van der Waals surface area contributed by atoms with E-state index in [0.717, 1.165) is 6.42 Å². The number of fused-ring (bicyclic) bond motifs is 1. The van der Waals surface area contributed by atoms with Gasteiger partial charge in [0.1, 0.15) is 25.3 Å². The van der Waals surface area contributed by atoms with Crippen LogP contribution in [0.1, 0.15) is 79.6 Å². The Labute approximate surface area is 249 Å². The first-order valence-electron chi connectivity index (χ1n) is 15.0. The van der Waals surface area contributed by atoms with E-state index in [1.54, 1.807) is 21.1 Å². The number of rotatable bonds is 15. The van der Waals surface area contributed by atoms with Crippen molar-refractivity contribution in [2.24, 2.45) is 11.8 Å². The van der Waals surface area contributed by atoms with Crippen LogP contribution in [0.15, 0.2) is 0 Å². The molecule has 42 heavy (non-hydrogen) atoms. The lowest BCUT2D eigenvalue weighted by Crippen LogP contribution is -2.59. The maximum atomic E-state index is 12.1. The molecule has 3 fully saturated rings. The summed E-state index contributed by atoms with van der Waals surface area (Å²) >= 11 is 0. The van der Waals surface area contributed by atoms with Gasteiger partial charge in [-0.3, -0.25) is 9.59 Å². The molecule has 0 aromatic heterocycles. The summed E-state index contributed by atoms with van der Waals surface area (Å²) in [5, 5.41) is 20.8. The molecular weight excluding hydrogens is 552 g/mol. The van der Waals surface area contributed by atoms with Gasteiger partial charge in [0, 0.05) is 40.4 Å². The Morgan fingerprint density at radius 2 is 1.76 bits per heavy atom. The molecule has 0 amide bonds. The Hall–Kier alpha value is -1.38. The summed E-state index contributed by atoms with van der Waals surface area (Å²) in [6, 6.07) is 0. The third-order valence-corrected chi connectivity index (χ3v) is 8.85. The third-order valence-electron chi connectivity index (χ3n) is 8.85. The van der Waals surface area contributed by atoms with Crippen LogP contribution in [0.4, 0.5) is 0 Å². The van der Waals surface area contributed by atoms with Gasteiger partial charge in [-0.2, -0.15) is 0 Å². The summed E-state index contributed by atoms with van der Waals surface area (Å²) < 4.78 is 47.1. The van der Waals surface area contributed by atoms with Crippen LogP contribution < -0.4 is 0 Å². The molecule has 12 heteroatoms. The molecular formula is C30H52O12. The number of aliphatic carboxylic acids is 1. The number of methoxy groups -OCH3 is 2. The monoisotopic (exact) mass is 604 g/mol. The van der Waals surface area contributed by atoms with E-state index in [1.807, 2.05) is 13.8 Å². The second kappa shape index (κ2) is 15.6. The molecule has 2 N–H and O–H groups in total. The molecule has 0 aromatic carbocycles. The second-order valence-corrected chi connectivity index (χ2v) is 12.8. The van der Waals surface area contributed by atoms with E-state index in [9.17, 15) is 19.8 Å². The number of aliphatic hydroxyl groups is 1. The van der Waals surface area contributed by atoms with Gasteiger partial charge in [-0.1, -0.05) is 13.8 Å². The average molecular weight is 605 g/mol. The summed E-state index contributed by atoms with van der Waals surface area (Å²) in [4.78, 5) is 23.4. The van der Waals surface area contributed by atoms with Crippen LogP contribution in [0.2, 0.25) is 0 Å². The Balaban J connectivity index is 1.73. The zero-order valence-electron chi connectivity index (χ0n) is 26.2. The lowest BCUT2D eigenvalue weighted by molar-refractivity contribution is -0.277. The molecule has 244 valence electrons. The van der Waals surface area contributed by atoms with Gasteiger partial charge >= 0.3 is 11.9 Å². The number of carboxylic acids is 1. The standard InChI is InChI=1S/C30H52O12/c1-18-10-21(40-28(18)19(2)11-27(32)33)12-22(39-20(3)31)13-25-29(4,34)9-8-23-24(41-25)14-26(38-17-36-7)30(5,42-23)15-37-16-35-6/h18-19,21-26,28,34H,8-17H2,1-7H3,(H,32,33)/t18-,19+,21+,22-,23-,24+,25-,26-,28+,29+,30+/m0/s1. The summed E-state index contributed by atoms with van der Waals surface area (Å²) in [5.41, 5.74) is -1.98. The van der Waals surface area contributed by atoms with Crippen LogP contribution in [-0.2, 0) is 47.5 Å². The van der Waals surface area contributed by atoms with Crippen LogP contribution >= 0.6 is 0 Å². The molecule has 0 aromatic rings. The van der Waals surface area contributed by atoms with Crippen molar-refractivity contribution in [2.45, 2.75) is 133 Å². The molecule has 3 aliphatic heterocycles. The van der Waals surface area contributed by atoms with E-state index in [-0.39, 0.29) is 69.3 Å². The molecule has 0 radical (unpaired) electrons. The topological polar surface area (TPSA) is 148 Å². The maximum Gasteiger partial charge on any atom is 0.303 e. The fraction of sp³-hybridized carbons (Fsp3) is 0.933. The predicted octanol–water partition coefficient (Wildman–Crippen LogP) is 3.06. The molecule has 12 nitrogen and oxygen atoms in total. The number of esters is 1. The first-order valence-corrected chi connectivity index (χ1v) is 15.0. The van der Waals surface area contributed by atoms with Gasteiger partial charge in [-0.15, -0.1) is 0 Å². The molecule has 3 rings (SSSR count). The van der Waals surface area contributed by atoms with Gasteiger partial charge in [-0.25, -0.2) is 0 Å². The van der Waals surface area contributed by atoms with Crippen LogP contribution in [0.3, 0.4) is 0 Å². The zero-order chi connectivity index (χ0) is 31.1. The highest BCUT2D eigenvalue weighted by molar-refractivity contribution is 5.67. The first kappa shape index (κ1) is 35.1. The number of hydrogen-bond donors (Lipinski definition) is 2. The number of carbonyl (C=O) groups is 2. The third kappa shape index (κ3) is 9.56. The molecule has 3 aliphatic rings. The number of carboxylic acid groups (broad SMARTS) is 1. The van der Waals surface area contributed by atoms with Crippen molar-refractivity contribution in [1.29, 1.82) is 0 Å². The zero-order valence-corrected chi connectivity index (χ0v) is 26.2. The van der Waals surface area contributed by atoms with E-state index >= 15 is 0 Å². The lowest BCUT2D eigenvalue weighted by atomic mass is 9.86. The van der Waals surface area contributed by atoms with E-state index in [1.165, 1.54) is 6.92 Å². The summed E-state index contributed by atoms with van der Waals surface area (Å²) in [7, 11) is 3.11. The van der Waals surface area contributed by atoms with E-state index in [4.69, 9.17) is 37.9 Å². The molecule has 0 unspecified atom stereocenters. The quantitative estimate of drug-likeness (QED) is 0.161. The highest BCUT2D eigenvalue weighted by Crippen LogP contribution is 2.42. The van der Waals surface area contributed by atoms with Crippen LogP contribution in [0, 0.1) is 11.8 Å². The van der Waals surface area contributed by atoms with Crippen LogP contribution in [0.25, 0.3) is 0 Å². The Morgan fingerprint density at radius 1 is 1.05 bits per heavy atom. The normalized spacial score (nSPS) is 38.3. The smallest absolute Gasteiger partial charge is 0.303 e. The number of ether oxygens (including phenoxy) is 8. The highest BCUT2D eigenvalue weighted by Gasteiger charge is 2.52. The van der Waals surface area contributed by atoms with Gasteiger partial charge in [0.25, 0.3) is 0 Å². The SMILES string of the molecule is COCOC[C@@]1(C)O[C@H]2CC[C@@](C)(O)[C@H](C[C@H](C[C@H]3C[C@H](C)[C@H]([C@H](C)CC(=O)O)O3)OC(C)=O)O[C@@H]2C[C@@H]1OCOC. The van der Waals surface area contributed by atoms with Gasteiger partial charge in [-0.05, 0) is 44.9 Å². The predicted molar refractivity (Wildman–Crippen MR) is 150 cm³/mol.